The van der Waals surface area contributed by atoms with Gasteiger partial charge in [-0.1, -0.05) is 84.3 Å². The highest BCUT2D eigenvalue weighted by atomic mass is 32.2. The number of hydrogen-bond donors (Lipinski definition) is 1. The van der Waals surface area contributed by atoms with Crippen molar-refractivity contribution in [2.45, 2.75) is 16.1 Å². The molecule has 37 heavy (non-hydrogen) atoms. The van der Waals surface area contributed by atoms with E-state index in [1.54, 1.807) is 47.9 Å². The quantitative estimate of drug-likeness (QED) is 0.109. The Bertz CT molecular complexity index is 1470. The first-order valence-electron chi connectivity index (χ1n) is 11.3. The van der Waals surface area contributed by atoms with Crippen molar-refractivity contribution in [3.8, 4) is 5.75 Å². The van der Waals surface area contributed by atoms with Gasteiger partial charge in [-0.05, 0) is 34.7 Å². The van der Waals surface area contributed by atoms with Crippen LogP contribution in [0, 0.1) is 0 Å². The first-order chi connectivity index (χ1) is 18.1. The molecule has 1 atom stereocenters. The first-order valence-corrected chi connectivity index (χ1v) is 13.9. The van der Waals surface area contributed by atoms with Gasteiger partial charge in [0.15, 0.2) is 10.1 Å². The van der Waals surface area contributed by atoms with Gasteiger partial charge in [0.2, 0.25) is 10.9 Å². The van der Waals surface area contributed by atoms with Crippen molar-refractivity contribution in [3.63, 3.8) is 0 Å². The molecule has 186 valence electrons. The molecule has 3 heterocycles. The number of rotatable bonds is 10. The topological polar surface area (TPSA) is 92.6 Å². The fourth-order valence-electron chi connectivity index (χ4n) is 3.90. The summed E-state index contributed by atoms with van der Waals surface area (Å²) in [6, 6.07) is 19.6. The van der Waals surface area contributed by atoms with Crippen molar-refractivity contribution in [2.75, 3.05) is 11.5 Å². The van der Waals surface area contributed by atoms with E-state index < -0.39 is 23.5 Å². The molecular weight excluding hydrogens is 527 g/mol. The van der Waals surface area contributed by atoms with Crippen molar-refractivity contribution in [1.82, 2.24) is 10.2 Å². The van der Waals surface area contributed by atoms with Crippen LogP contribution in [-0.4, -0.2) is 33.6 Å². The standard InChI is InChI=1S/C27H21N3O4S3/c1-2-13-34-19-11-6-10-18(15-19)22-21(23(31)20-12-7-14-35-20)24(32)25(33)30(22)26-28-29-27(37-26)36-16-17-8-4-3-5-9-17/h2-12,14-15,22,32H,1,13,16H2. The number of Topliss-reactive ketones (excluding diaryl/α,β-unsaturated/α-hetero) is 1. The van der Waals surface area contributed by atoms with Gasteiger partial charge < -0.3 is 9.84 Å². The Kier molecular flexibility index (Phi) is 7.50. The van der Waals surface area contributed by atoms with E-state index in [-0.39, 0.29) is 5.57 Å². The van der Waals surface area contributed by atoms with Gasteiger partial charge in [0.25, 0.3) is 5.91 Å². The van der Waals surface area contributed by atoms with Crippen molar-refractivity contribution in [3.05, 3.63) is 112 Å². The number of benzene rings is 2. The van der Waals surface area contributed by atoms with Crippen LogP contribution in [0.3, 0.4) is 0 Å². The molecule has 0 aliphatic carbocycles. The molecule has 2 aromatic heterocycles. The van der Waals surface area contributed by atoms with Gasteiger partial charge in [-0.15, -0.1) is 21.5 Å². The third kappa shape index (κ3) is 5.22. The SMILES string of the molecule is C=CCOc1cccc(C2C(C(=O)c3cccs3)=C(O)C(=O)N2c2nnc(SCc3ccccc3)s2)c1. The number of carbonyl (C=O) groups is 2. The van der Waals surface area contributed by atoms with Crippen LogP contribution < -0.4 is 9.64 Å². The number of thiophene rings is 1. The Morgan fingerprint density at radius 2 is 1.97 bits per heavy atom. The van der Waals surface area contributed by atoms with Crippen LogP contribution in [0.2, 0.25) is 0 Å². The second-order valence-electron chi connectivity index (χ2n) is 7.94. The van der Waals surface area contributed by atoms with Gasteiger partial charge in [0, 0.05) is 5.75 Å². The van der Waals surface area contributed by atoms with Gasteiger partial charge in [0.1, 0.15) is 12.4 Å². The van der Waals surface area contributed by atoms with Crippen LogP contribution in [0.5, 0.6) is 5.75 Å². The molecule has 1 aliphatic rings. The Morgan fingerprint density at radius 1 is 1.14 bits per heavy atom. The second-order valence-corrected chi connectivity index (χ2v) is 11.1. The molecule has 0 saturated carbocycles. The fraction of sp³-hybridized carbons (Fsp3) is 0.111. The number of thioether (sulfide) groups is 1. The predicted octanol–water partition coefficient (Wildman–Crippen LogP) is 6.24. The Balaban J connectivity index is 1.51. The monoisotopic (exact) mass is 547 g/mol. The minimum atomic E-state index is -0.894. The normalized spacial score (nSPS) is 15.3. The molecule has 1 unspecified atom stereocenters. The lowest BCUT2D eigenvalue weighted by Gasteiger charge is -2.24. The number of ketones is 1. The summed E-state index contributed by atoms with van der Waals surface area (Å²) in [5.74, 6) is -0.446. The summed E-state index contributed by atoms with van der Waals surface area (Å²) in [4.78, 5) is 28.6. The average molecular weight is 548 g/mol. The number of nitrogens with zero attached hydrogens (tertiary/aromatic N) is 3. The average Bonchev–Trinajstić information content (AvgIpc) is 3.68. The molecule has 0 fully saturated rings. The van der Waals surface area contributed by atoms with E-state index in [1.165, 1.54) is 39.3 Å². The Morgan fingerprint density at radius 3 is 2.73 bits per heavy atom. The maximum Gasteiger partial charge on any atom is 0.296 e. The van der Waals surface area contributed by atoms with Crippen LogP contribution in [0.25, 0.3) is 0 Å². The number of aliphatic hydroxyl groups excluding tert-OH is 1. The van der Waals surface area contributed by atoms with E-state index in [0.717, 1.165) is 5.56 Å². The summed E-state index contributed by atoms with van der Waals surface area (Å²) in [6.45, 7) is 3.97. The van der Waals surface area contributed by atoms with Crippen LogP contribution in [-0.2, 0) is 10.5 Å². The molecule has 0 saturated heterocycles. The number of aromatic nitrogens is 2. The summed E-state index contributed by atoms with van der Waals surface area (Å²) in [5, 5.41) is 21.5. The summed E-state index contributed by atoms with van der Waals surface area (Å²) in [7, 11) is 0. The minimum Gasteiger partial charge on any atom is -0.503 e. The van der Waals surface area contributed by atoms with Crippen LogP contribution in [0.1, 0.15) is 26.8 Å². The number of amides is 1. The summed E-state index contributed by atoms with van der Waals surface area (Å²) in [6.07, 6.45) is 1.63. The highest BCUT2D eigenvalue weighted by Crippen LogP contribution is 2.44. The van der Waals surface area contributed by atoms with Crippen LogP contribution >= 0.6 is 34.4 Å². The maximum absolute atomic E-state index is 13.5. The molecule has 1 aliphatic heterocycles. The molecular formula is C27H21N3O4S3. The van der Waals surface area contributed by atoms with Gasteiger partial charge in [-0.3, -0.25) is 14.5 Å². The number of carbonyl (C=O) groups excluding carboxylic acids is 2. The van der Waals surface area contributed by atoms with Gasteiger partial charge in [0.05, 0.1) is 16.5 Å². The Labute approximate surface area is 225 Å². The Hall–Kier alpha value is -3.73. The highest BCUT2D eigenvalue weighted by molar-refractivity contribution is 8.00. The van der Waals surface area contributed by atoms with E-state index in [2.05, 4.69) is 16.8 Å². The second kappa shape index (κ2) is 11.1. The van der Waals surface area contributed by atoms with Crippen molar-refractivity contribution < 1.29 is 19.4 Å². The zero-order valence-corrected chi connectivity index (χ0v) is 21.9. The summed E-state index contributed by atoms with van der Waals surface area (Å²) in [5.41, 5.74) is 1.74. The van der Waals surface area contributed by atoms with E-state index in [1.807, 2.05) is 30.3 Å². The van der Waals surface area contributed by atoms with E-state index in [9.17, 15) is 14.7 Å². The molecule has 0 bridgehead atoms. The number of ether oxygens (including phenoxy) is 1. The minimum absolute atomic E-state index is 0.00186. The highest BCUT2D eigenvalue weighted by Gasteiger charge is 2.46. The zero-order valence-electron chi connectivity index (χ0n) is 19.4. The third-order valence-electron chi connectivity index (χ3n) is 5.55. The first kappa shape index (κ1) is 24.9. The van der Waals surface area contributed by atoms with Crippen LogP contribution in [0.4, 0.5) is 5.13 Å². The molecule has 0 radical (unpaired) electrons. The van der Waals surface area contributed by atoms with Crippen molar-refractivity contribution in [2.24, 2.45) is 0 Å². The van der Waals surface area contributed by atoms with Crippen molar-refractivity contribution >= 4 is 51.3 Å². The molecule has 5 rings (SSSR count). The molecule has 7 nitrogen and oxygen atoms in total. The summed E-state index contributed by atoms with van der Waals surface area (Å²) >= 11 is 3.99. The van der Waals surface area contributed by atoms with Crippen molar-refractivity contribution in [1.29, 1.82) is 0 Å². The lowest BCUT2D eigenvalue weighted by Crippen LogP contribution is -2.31. The maximum atomic E-state index is 13.5. The van der Waals surface area contributed by atoms with Crippen LogP contribution in [0.15, 0.2) is 100 Å². The van der Waals surface area contributed by atoms with E-state index >= 15 is 0 Å². The lowest BCUT2D eigenvalue weighted by atomic mass is 9.95. The largest absolute Gasteiger partial charge is 0.503 e. The number of aliphatic hydroxyl groups is 1. The van der Waals surface area contributed by atoms with Gasteiger partial charge in [-0.2, -0.15) is 0 Å². The molecule has 4 aromatic rings. The summed E-state index contributed by atoms with van der Waals surface area (Å²) < 4.78 is 6.36. The van der Waals surface area contributed by atoms with E-state index in [0.29, 0.717) is 38.0 Å². The van der Waals surface area contributed by atoms with Gasteiger partial charge in [-0.25, -0.2) is 0 Å². The third-order valence-corrected chi connectivity index (χ3v) is 8.54. The predicted molar refractivity (Wildman–Crippen MR) is 147 cm³/mol. The molecule has 1 amide bonds. The number of hydrogen-bond acceptors (Lipinski definition) is 9. The molecule has 2 aromatic carbocycles. The fourth-order valence-corrected chi connectivity index (χ4v) is 6.40. The number of anilines is 1. The molecule has 1 N–H and O–H groups in total. The molecule has 0 spiro atoms. The van der Waals surface area contributed by atoms with Gasteiger partial charge >= 0.3 is 0 Å². The smallest absolute Gasteiger partial charge is 0.296 e. The zero-order chi connectivity index (χ0) is 25.8. The van der Waals surface area contributed by atoms with E-state index in [4.69, 9.17) is 4.74 Å². The lowest BCUT2D eigenvalue weighted by molar-refractivity contribution is -0.117. The molecule has 10 heteroatoms.